The van der Waals surface area contributed by atoms with Crippen LogP contribution in [0.4, 0.5) is 0 Å². The molecular formula is C17H22N4O4. The third-order valence-corrected chi connectivity index (χ3v) is 4.60. The first kappa shape index (κ1) is 17.4. The first-order valence-corrected chi connectivity index (χ1v) is 8.44. The maximum Gasteiger partial charge on any atom is 0.270 e. The van der Waals surface area contributed by atoms with E-state index in [9.17, 15) is 19.8 Å². The van der Waals surface area contributed by atoms with Gasteiger partial charge in [-0.25, -0.2) is 4.98 Å². The number of aliphatic hydroxyl groups excluding tert-OH is 1. The van der Waals surface area contributed by atoms with E-state index in [-0.39, 0.29) is 29.6 Å². The molecule has 0 bridgehead atoms. The molecule has 25 heavy (non-hydrogen) atoms. The van der Waals surface area contributed by atoms with E-state index in [4.69, 9.17) is 0 Å². The van der Waals surface area contributed by atoms with Crippen LogP contribution in [0.5, 0.6) is 5.75 Å². The highest BCUT2D eigenvalue weighted by Crippen LogP contribution is 2.16. The van der Waals surface area contributed by atoms with Gasteiger partial charge >= 0.3 is 0 Å². The number of aromatic nitrogens is 2. The molecule has 1 aliphatic rings. The van der Waals surface area contributed by atoms with Gasteiger partial charge in [-0.05, 0) is 31.5 Å². The van der Waals surface area contributed by atoms with Crippen molar-refractivity contribution in [3.8, 4) is 5.75 Å². The lowest BCUT2D eigenvalue weighted by Gasteiger charge is -2.34. The van der Waals surface area contributed by atoms with E-state index < -0.39 is 11.5 Å². The number of nitrogens with zero attached hydrogens (tertiary/aromatic N) is 3. The van der Waals surface area contributed by atoms with Crippen molar-refractivity contribution in [2.45, 2.75) is 25.3 Å². The number of likely N-dealkylation sites (tertiary alicyclic amines) is 1. The third kappa shape index (κ3) is 3.64. The molecule has 0 aliphatic carbocycles. The summed E-state index contributed by atoms with van der Waals surface area (Å²) in [6, 6.07) is 3.08. The Morgan fingerprint density at radius 1 is 1.40 bits per heavy atom. The predicted octanol–water partition coefficient (Wildman–Crippen LogP) is -0.0233. The molecule has 1 atom stereocenters. The Labute approximate surface area is 144 Å². The minimum Gasteiger partial charge on any atom is -0.504 e. The Balaban J connectivity index is 1.66. The Bertz CT molecular complexity index is 820. The predicted molar refractivity (Wildman–Crippen MR) is 91.8 cm³/mol. The zero-order valence-electron chi connectivity index (χ0n) is 13.9. The minimum atomic E-state index is -0.524. The van der Waals surface area contributed by atoms with Crippen molar-refractivity contribution < 1.29 is 15.0 Å². The van der Waals surface area contributed by atoms with Gasteiger partial charge in [0.25, 0.3) is 11.5 Å². The van der Waals surface area contributed by atoms with Crippen molar-refractivity contribution in [1.29, 1.82) is 0 Å². The average Bonchev–Trinajstić information content (AvgIpc) is 2.63. The van der Waals surface area contributed by atoms with Gasteiger partial charge in [0, 0.05) is 31.5 Å². The fourth-order valence-corrected chi connectivity index (χ4v) is 3.22. The summed E-state index contributed by atoms with van der Waals surface area (Å²) in [7, 11) is 0. The molecule has 1 aliphatic heterocycles. The summed E-state index contributed by atoms with van der Waals surface area (Å²) in [5.41, 5.74) is -0.479. The number of nitrogens with one attached hydrogen (secondary N) is 1. The molecule has 3 N–H and O–H groups in total. The smallest absolute Gasteiger partial charge is 0.270 e. The van der Waals surface area contributed by atoms with Crippen LogP contribution in [-0.2, 0) is 0 Å². The van der Waals surface area contributed by atoms with Crippen LogP contribution in [-0.4, -0.2) is 62.7 Å². The standard InChI is InChI=1S/C17H22N4O4/c22-11-12-4-1-2-7-20(12)9-6-18-16(24)13-10-19-15-14(23)5-3-8-21(15)17(13)25/h3,5,8,10,12,22-23H,1-2,4,6-7,9,11H2,(H,18,24)/t12-/m0/s1. The van der Waals surface area contributed by atoms with Crippen molar-refractivity contribution in [1.82, 2.24) is 19.6 Å². The fourth-order valence-electron chi connectivity index (χ4n) is 3.22. The van der Waals surface area contributed by atoms with Gasteiger partial charge in [0.2, 0.25) is 0 Å². The van der Waals surface area contributed by atoms with Crippen LogP contribution in [0.2, 0.25) is 0 Å². The molecule has 8 heteroatoms. The van der Waals surface area contributed by atoms with Crippen molar-refractivity contribution >= 4 is 11.6 Å². The molecule has 3 heterocycles. The highest BCUT2D eigenvalue weighted by Gasteiger charge is 2.21. The monoisotopic (exact) mass is 346 g/mol. The van der Waals surface area contributed by atoms with Gasteiger partial charge in [-0.15, -0.1) is 0 Å². The number of rotatable bonds is 5. The Morgan fingerprint density at radius 2 is 2.24 bits per heavy atom. The van der Waals surface area contributed by atoms with Gasteiger partial charge in [0.1, 0.15) is 5.56 Å². The number of aromatic hydroxyl groups is 1. The lowest BCUT2D eigenvalue weighted by Crippen LogP contribution is -2.45. The van der Waals surface area contributed by atoms with Gasteiger partial charge in [-0.1, -0.05) is 6.42 Å². The highest BCUT2D eigenvalue weighted by molar-refractivity contribution is 5.93. The van der Waals surface area contributed by atoms with Crippen LogP contribution in [0.15, 0.2) is 29.3 Å². The first-order chi connectivity index (χ1) is 12.1. The number of hydrogen-bond donors (Lipinski definition) is 3. The van der Waals surface area contributed by atoms with Crippen LogP contribution >= 0.6 is 0 Å². The molecule has 2 aromatic heterocycles. The summed E-state index contributed by atoms with van der Waals surface area (Å²) in [6.07, 6.45) is 5.80. The summed E-state index contributed by atoms with van der Waals surface area (Å²) in [4.78, 5) is 30.8. The average molecular weight is 346 g/mol. The van der Waals surface area contributed by atoms with Gasteiger partial charge in [0.15, 0.2) is 11.4 Å². The van der Waals surface area contributed by atoms with Crippen molar-refractivity contribution in [3.05, 3.63) is 40.4 Å². The van der Waals surface area contributed by atoms with E-state index in [1.54, 1.807) is 0 Å². The minimum absolute atomic E-state index is 0.0690. The number of hydrogen-bond acceptors (Lipinski definition) is 6. The number of amides is 1. The van der Waals surface area contributed by atoms with Crippen LogP contribution in [0.3, 0.4) is 0 Å². The van der Waals surface area contributed by atoms with Crippen molar-refractivity contribution in [2.24, 2.45) is 0 Å². The molecule has 0 unspecified atom stereocenters. The summed E-state index contributed by atoms with van der Waals surface area (Å²) in [5, 5.41) is 21.8. The van der Waals surface area contributed by atoms with E-state index in [1.165, 1.54) is 24.5 Å². The normalized spacial score (nSPS) is 18.4. The molecule has 8 nitrogen and oxygen atoms in total. The number of carbonyl (C=O) groups excluding carboxylic acids is 1. The fraction of sp³-hybridized carbons (Fsp3) is 0.471. The maximum atomic E-state index is 12.4. The quantitative estimate of drug-likeness (QED) is 0.702. The zero-order chi connectivity index (χ0) is 17.8. The molecule has 1 saturated heterocycles. The second-order valence-electron chi connectivity index (χ2n) is 6.19. The summed E-state index contributed by atoms with van der Waals surface area (Å²) >= 11 is 0. The molecular weight excluding hydrogens is 324 g/mol. The number of pyridine rings is 1. The summed E-state index contributed by atoms with van der Waals surface area (Å²) in [5.74, 6) is -0.612. The van der Waals surface area contributed by atoms with E-state index in [0.717, 1.165) is 30.2 Å². The highest BCUT2D eigenvalue weighted by atomic mass is 16.3. The van der Waals surface area contributed by atoms with E-state index in [2.05, 4.69) is 15.2 Å². The molecule has 3 rings (SSSR count). The molecule has 0 spiro atoms. The lowest BCUT2D eigenvalue weighted by molar-refractivity contribution is 0.0848. The molecule has 134 valence electrons. The Morgan fingerprint density at radius 3 is 3.04 bits per heavy atom. The number of fused-ring (bicyclic) bond motifs is 1. The second kappa shape index (κ2) is 7.62. The summed E-state index contributed by atoms with van der Waals surface area (Å²) in [6.45, 7) is 2.03. The largest absolute Gasteiger partial charge is 0.504 e. The van der Waals surface area contributed by atoms with Crippen molar-refractivity contribution in [2.75, 3.05) is 26.2 Å². The molecule has 0 aromatic carbocycles. The maximum absolute atomic E-state index is 12.4. The van der Waals surface area contributed by atoms with E-state index in [1.807, 2.05) is 0 Å². The molecule has 2 aromatic rings. The van der Waals surface area contributed by atoms with Crippen LogP contribution in [0, 0.1) is 0 Å². The number of aliphatic hydroxyl groups is 1. The zero-order valence-corrected chi connectivity index (χ0v) is 13.9. The molecule has 0 radical (unpaired) electrons. The topological polar surface area (TPSA) is 107 Å². The molecule has 0 saturated carbocycles. The lowest BCUT2D eigenvalue weighted by atomic mass is 10.0. The first-order valence-electron chi connectivity index (χ1n) is 8.44. The van der Waals surface area contributed by atoms with Gasteiger partial charge in [0.05, 0.1) is 6.61 Å². The summed E-state index contributed by atoms with van der Waals surface area (Å²) < 4.78 is 1.15. The van der Waals surface area contributed by atoms with Crippen LogP contribution in [0.1, 0.15) is 29.6 Å². The van der Waals surface area contributed by atoms with Gasteiger partial charge in [-0.3, -0.25) is 18.9 Å². The Hall–Kier alpha value is -2.45. The molecule has 1 amide bonds. The Kier molecular flexibility index (Phi) is 5.30. The van der Waals surface area contributed by atoms with E-state index in [0.29, 0.717) is 13.1 Å². The van der Waals surface area contributed by atoms with Crippen LogP contribution in [0.25, 0.3) is 5.65 Å². The van der Waals surface area contributed by atoms with E-state index >= 15 is 0 Å². The van der Waals surface area contributed by atoms with Crippen molar-refractivity contribution in [3.63, 3.8) is 0 Å². The SMILES string of the molecule is O=C(NCCN1CCCC[C@H]1CO)c1cnc2c(O)cccn2c1=O. The second-order valence-corrected chi connectivity index (χ2v) is 6.19. The number of carbonyl (C=O) groups is 1. The molecule has 1 fully saturated rings. The third-order valence-electron chi connectivity index (χ3n) is 4.60. The number of piperidine rings is 1. The van der Waals surface area contributed by atoms with Gasteiger partial charge < -0.3 is 15.5 Å². The van der Waals surface area contributed by atoms with Crippen LogP contribution < -0.4 is 10.9 Å². The van der Waals surface area contributed by atoms with Gasteiger partial charge in [-0.2, -0.15) is 0 Å².